The number of aryl methyl sites for hydroxylation is 1. The van der Waals surface area contributed by atoms with Crippen molar-refractivity contribution in [3.8, 4) is 5.75 Å². The van der Waals surface area contributed by atoms with Crippen LogP contribution in [-0.2, 0) is 6.42 Å². The Labute approximate surface area is 131 Å². The van der Waals surface area contributed by atoms with Gasteiger partial charge in [0.05, 0.1) is 17.1 Å². The first kappa shape index (κ1) is 14.5. The second-order valence-corrected chi connectivity index (χ2v) is 5.92. The van der Waals surface area contributed by atoms with Gasteiger partial charge in [0.1, 0.15) is 11.6 Å². The number of benzene rings is 2. The van der Waals surface area contributed by atoms with Crippen molar-refractivity contribution >= 4 is 15.9 Å². The van der Waals surface area contributed by atoms with Crippen LogP contribution in [0, 0.1) is 5.82 Å². The van der Waals surface area contributed by atoms with Gasteiger partial charge in [-0.2, -0.15) is 0 Å². The highest BCUT2D eigenvalue weighted by atomic mass is 79.9. The summed E-state index contributed by atoms with van der Waals surface area (Å²) in [5.41, 5.74) is 5.65. The summed E-state index contributed by atoms with van der Waals surface area (Å²) in [5, 5.41) is 0. The number of rotatable bonds is 3. The van der Waals surface area contributed by atoms with Crippen LogP contribution < -0.4 is 16.0 Å². The molecular weight excluding hydrogens is 335 g/mol. The van der Waals surface area contributed by atoms with E-state index in [0.717, 1.165) is 29.7 Å². The Balaban J connectivity index is 2.06. The van der Waals surface area contributed by atoms with Crippen LogP contribution in [0.15, 0.2) is 40.9 Å². The number of fused-ring (bicyclic) bond motifs is 1. The average molecular weight is 351 g/mol. The minimum absolute atomic E-state index is 0.305. The van der Waals surface area contributed by atoms with Crippen LogP contribution in [0.3, 0.4) is 0 Å². The fourth-order valence-electron chi connectivity index (χ4n) is 2.70. The van der Waals surface area contributed by atoms with Gasteiger partial charge in [0.25, 0.3) is 0 Å². The fourth-order valence-corrected chi connectivity index (χ4v) is 2.95. The van der Waals surface area contributed by atoms with Crippen molar-refractivity contribution in [3.05, 3.63) is 63.4 Å². The number of nitrogens with one attached hydrogen (secondary N) is 1. The van der Waals surface area contributed by atoms with Crippen LogP contribution >= 0.6 is 15.9 Å². The van der Waals surface area contributed by atoms with Gasteiger partial charge in [0.2, 0.25) is 0 Å². The zero-order valence-corrected chi connectivity index (χ0v) is 13.0. The molecule has 0 aromatic heterocycles. The average Bonchev–Trinajstić information content (AvgIpc) is 2.52. The maximum Gasteiger partial charge on any atom is 0.137 e. The molecule has 0 spiro atoms. The summed E-state index contributed by atoms with van der Waals surface area (Å²) in [6, 6.07) is 10.7. The predicted molar refractivity (Wildman–Crippen MR) is 83.5 cm³/mol. The maximum absolute atomic E-state index is 13.8. The van der Waals surface area contributed by atoms with E-state index in [0.29, 0.717) is 11.1 Å². The molecule has 1 aliphatic heterocycles. The van der Waals surface area contributed by atoms with E-state index in [1.165, 1.54) is 11.6 Å². The van der Waals surface area contributed by atoms with E-state index < -0.39 is 0 Å². The zero-order valence-electron chi connectivity index (χ0n) is 11.4. The topological polar surface area (TPSA) is 47.3 Å². The lowest BCUT2D eigenvalue weighted by atomic mass is 9.94. The Morgan fingerprint density at radius 2 is 2.14 bits per heavy atom. The molecule has 21 heavy (non-hydrogen) atoms. The third-order valence-electron chi connectivity index (χ3n) is 3.72. The van der Waals surface area contributed by atoms with Crippen LogP contribution in [0.1, 0.15) is 29.2 Å². The Bertz CT molecular complexity index is 663. The van der Waals surface area contributed by atoms with Crippen LogP contribution in [0.4, 0.5) is 4.39 Å². The molecule has 3 rings (SSSR count). The third kappa shape index (κ3) is 2.81. The molecule has 0 bridgehead atoms. The van der Waals surface area contributed by atoms with Gasteiger partial charge in [0, 0.05) is 5.56 Å². The highest BCUT2D eigenvalue weighted by Crippen LogP contribution is 2.36. The summed E-state index contributed by atoms with van der Waals surface area (Å²) in [5.74, 6) is 6.28. The Morgan fingerprint density at radius 1 is 1.29 bits per heavy atom. The van der Waals surface area contributed by atoms with Crippen molar-refractivity contribution in [2.24, 2.45) is 5.84 Å². The molecule has 0 saturated heterocycles. The molecule has 3 nitrogen and oxygen atoms in total. The molecule has 5 heteroatoms. The Hall–Kier alpha value is -1.43. The van der Waals surface area contributed by atoms with Crippen LogP contribution in [0.25, 0.3) is 0 Å². The minimum atomic E-state index is -0.307. The van der Waals surface area contributed by atoms with Crippen molar-refractivity contribution < 1.29 is 9.13 Å². The van der Waals surface area contributed by atoms with Crippen molar-refractivity contribution in [2.75, 3.05) is 6.61 Å². The highest BCUT2D eigenvalue weighted by Gasteiger charge is 2.22. The summed E-state index contributed by atoms with van der Waals surface area (Å²) in [4.78, 5) is 0. The summed E-state index contributed by atoms with van der Waals surface area (Å²) < 4.78 is 20.0. The van der Waals surface area contributed by atoms with E-state index in [9.17, 15) is 4.39 Å². The molecule has 0 radical (unpaired) electrons. The monoisotopic (exact) mass is 350 g/mol. The third-order valence-corrected chi connectivity index (χ3v) is 4.36. The quantitative estimate of drug-likeness (QED) is 0.658. The smallest absolute Gasteiger partial charge is 0.137 e. The largest absolute Gasteiger partial charge is 0.493 e. The van der Waals surface area contributed by atoms with E-state index in [-0.39, 0.29) is 11.9 Å². The van der Waals surface area contributed by atoms with Gasteiger partial charge in [-0.05, 0) is 52.0 Å². The lowest BCUT2D eigenvalue weighted by Crippen LogP contribution is -2.30. The zero-order chi connectivity index (χ0) is 14.8. The molecule has 0 aliphatic carbocycles. The van der Waals surface area contributed by atoms with Crippen molar-refractivity contribution in [1.82, 2.24) is 5.43 Å². The number of ether oxygens (including phenoxy) is 1. The molecule has 0 amide bonds. The molecule has 1 heterocycles. The summed E-state index contributed by atoms with van der Waals surface area (Å²) >= 11 is 3.17. The molecular formula is C16H16BrFN2O. The van der Waals surface area contributed by atoms with E-state index >= 15 is 0 Å². The van der Waals surface area contributed by atoms with Gasteiger partial charge in [0.15, 0.2) is 0 Å². The summed E-state index contributed by atoms with van der Waals surface area (Å²) in [7, 11) is 0. The molecule has 0 fully saturated rings. The van der Waals surface area contributed by atoms with Crippen LogP contribution in [-0.4, -0.2) is 6.61 Å². The van der Waals surface area contributed by atoms with Gasteiger partial charge < -0.3 is 4.74 Å². The first-order valence-corrected chi connectivity index (χ1v) is 7.65. The van der Waals surface area contributed by atoms with Gasteiger partial charge in [-0.15, -0.1) is 0 Å². The molecule has 0 saturated carbocycles. The molecule has 1 unspecified atom stereocenters. The van der Waals surface area contributed by atoms with E-state index in [4.69, 9.17) is 10.6 Å². The molecule has 3 N–H and O–H groups in total. The lowest BCUT2D eigenvalue weighted by molar-refractivity contribution is 0.283. The summed E-state index contributed by atoms with van der Waals surface area (Å²) in [6.07, 6.45) is 2.01. The van der Waals surface area contributed by atoms with Crippen molar-refractivity contribution in [2.45, 2.75) is 18.9 Å². The van der Waals surface area contributed by atoms with Gasteiger partial charge in [-0.3, -0.25) is 5.84 Å². The van der Waals surface area contributed by atoms with Crippen LogP contribution in [0.5, 0.6) is 5.75 Å². The molecule has 1 atom stereocenters. The number of hydrogen-bond acceptors (Lipinski definition) is 3. The number of hydrogen-bond donors (Lipinski definition) is 2. The van der Waals surface area contributed by atoms with Crippen LogP contribution in [0.2, 0.25) is 0 Å². The van der Waals surface area contributed by atoms with Crippen molar-refractivity contribution in [3.63, 3.8) is 0 Å². The van der Waals surface area contributed by atoms with Gasteiger partial charge in [-0.25, -0.2) is 9.82 Å². The van der Waals surface area contributed by atoms with E-state index in [1.807, 2.05) is 18.2 Å². The number of nitrogens with two attached hydrogens (primary N) is 1. The van der Waals surface area contributed by atoms with E-state index in [2.05, 4.69) is 27.4 Å². The molecule has 110 valence electrons. The second-order valence-electron chi connectivity index (χ2n) is 5.06. The fraction of sp³-hybridized carbons (Fsp3) is 0.250. The van der Waals surface area contributed by atoms with E-state index in [1.54, 1.807) is 6.07 Å². The first-order chi connectivity index (χ1) is 10.2. The Morgan fingerprint density at radius 3 is 2.90 bits per heavy atom. The number of hydrazine groups is 1. The maximum atomic E-state index is 13.8. The lowest BCUT2D eigenvalue weighted by Gasteiger charge is -2.25. The molecule has 2 aromatic rings. The summed E-state index contributed by atoms with van der Waals surface area (Å²) in [6.45, 7) is 0.704. The predicted octanol–water partition coefficient (Wildman–Crippen LogP) is 3.47. The molecule has 2 aromatic carbocycles. The minimum Gasteiger partial charge on any atom is -0.493 e. The van der Waals surface area contributed by atoms with Gasteiger partial charge >= 0.3 is 0 Å². The standard InChI is InChI=1S/C16H16BrFN2O/c17-13-7-6-11(9-14(13)18)15(20-19)12-5-1-3-10-4-2-8-21-16(10)12/h1,3,5-7,9,15,20H,2,4,8,19H2. The number of halogens is 2. The van der Waals surface area contributed by atoms with Crippen molar-refractivity contribution in [1.29, 1.82) is 0 Å². The Kier molecular flexibility index (Phi) is 4.24. The SMILES string of the molecule is NNC(c1ccc(Br)c(F)c1)c1cccc2c1OCCC2. The number of para-hydroxylation sites is 1. The second kappa shape index (κ2) is 6.13. The van der Waals surface area contributed by atoms with Gasteiger partial charge in [-0.1, -0.05) is 24.3 Å². The highest BCUT2D eigenvalue weighted by molar-refractivity contribution is 9.10. The normalized spacial score (nSPS) is 15.2. The molecule has 1 aliphatic rings. The first-order valence-electron chi connectivity index (χ1n) is 6.86.